The summed E-state index contributed by atoms with van der Waals surface area (Å²) < 4.78 is 26.8. The van der Waals surface area contributed by atoms with Gasteiger partial charge in [-0.15, -0.1) is 0 Å². The van der Waals surface area contributed by atoms with Crippen molar-refractivity contribution in [2.45, 2.75) is 11.8 Å². The molecule has 1 aromatic carbocycles. The maximum Gasteiger partial charge on any atom is 0.264 e. The fourth-order valence-corrected chi connectivity index (χ4v) is 2.76. The van der Waals surface area contributed by atoms with E-state index in [0.717, 1.165) is 5.56 Å². The van der Waals surface area contributed by atoms with E-state index in [1.807, 2.05) is 6.92 Å². The van der Waals surface area contributed by atoms with Gasteiger partial charge in [0.25, 0.3) is 10.0 Å². The van der Waals surface area contributed by atoms with E-state index in [4.69, 9.17) is 11.0 Å². The highest BCUT2D eigenvalue weighted by atomic mass is 32.2. The second-order valence-corrected chi connectivity index (χ2v) is 5.79. The van der Waals surface area contributed by atoms with Crippen LogP contribution in [0.1, 0.15) is 11.3 Å². The molecule has 102 valence electrons. The maximum absolute atomic E-state index is 12.2. The second kappa shape index (κ2) is 5.19. The van der Waals surface area contributed by atoms with Gasteiger partial charge in [-0.1, -0.05) is 6.07 Å². The van der Waals surface area contributed by atoms with Crippen LogP contribution in [-0.2, 0) is 10.0 Å². The lowest BCUT2D eigenvalue weighted by molar-refractivity contribution is 0.600. The summed E-state index contributed by atoms with van der Waals surface area (Å²) in [7, 11) is -3.88. The number of nitrogens with two attached hydrogens (primary N) is 1. The monoisotopic (exact) mass is 288 g/mol. The lowest BCUT2D eigenvalue weighted by Crippen LogP contribution is -2.15. The average Bonchev–Trinajstić information content (AvgIpc) is 2.42. The molecule has 3 N–H and O–H groups in total. The molecule has 0 spiro atoms. The number of rotatable bonds is 3. The smallest absolute Gasteiger partial charge is 0.264 e. The molecule has 0 aliphatic rings. The zero-order valence-corrected chi connectivity index (χ0v) is 11.5. The molecule has 1 heterocycles. The first-order valence-corrected chi connectivity index (χ1v) is 7.16. The zero-order valence-electron chi connectivity index (χ0n) is 10.7. The topological polar surface area (TPSA) is 109 Å². The zero-order chi connectivity index (χ0) is 14.8. The van der Waals surface area contributed by atoms with Crippen molar-refractivity contribution < 1.29 is 8.42 Å². The molecule has 2 aromatic rings. The summed E-state index contributed by atoms with van der Waals surface area (Å²) in [5, 5.41) is 8.90. The van der Waals surface area contributed by atoms with Crippen molar-refractivity contribution in [2.75, 3.05) is 10.5 Å². The van der Waals surface area contributed by atoms with Crippen LogP contribution in [0.3, 0.4) is 0 Å². The highest BCUT2D eigenvalue weighted by Crippen LogP contribution is 2.21. The van der Waals surface area contributed by atoms with Crippen LogP contribution in [0.4, 0.5) is 11.4 Å². The highest BCUT2D eigenvalue weighted by Gasteiger charge is 2.19. The van der Waals surface area contributed by atoms with Gasteiger partial charge in [0.15, 0.2) is 5.69 Å². The molecule has 0 fully saturated rings. The molecule has 2 rings (SSSR count). The molecule has 0 bridgehead atoms. The van der Waals surface area contributed by atoms with E-state index in [2.05, 4.69) is 9.71 Å². The predicted molar refractivity (Wildman–Crippen MR) is 75.4 cm³/mol. The van der Waals surface area contributed by atoms with Gasteiger partial charge in [0.2, 0.25) is 0 Å². The normalized spacial score (nSPS) is 10.8. The molecule has 1 aromatic heterocycles. The highest BCUT2D eigenvalue weighted by molar-refractivity contribution is 7.92. The quantitative estimate of drug-likeness (QED) is 0.834. The van der Waals surface area contributed by atoms with E-state index < -0.39 is 10.0 Å². The van der Waals surface area contributed by atoms with Gasteiger partial charge in [-0.3, -0.25) is 4.72 Å². The van der Waals surface area contributed by atoms with E-state index in [1.165, 1.54) is 24.4 Å². The van der Waals surface area contributed by atoms with Crippen LogP contribution in [0.15, 0.2) is 41.4 Å². The molecule has 0 radical (unpaired) electrons. The van der Waals surface area contributed by atoms with Crippen LogP contribution in [0, 0.1) is 18.3 Å². The van der Waals surface area contributed by atoms with Crippen LogP contribution in [0.2, 0.25) is 0 Å². The number of pyridine rings is 1. The van der Waals surface area contributed by atoms with Crippen molar-refractivity contribution in [3.8, 4) is 6.07 Å². The third kappa shape index (κ3) is 2.70. The molecule has 20 heavy (non-hydrogen) atoms. The van der Waals surface area contributed by atoms with Crippen molar-refractivity contribution in [3.63, 3.8) is 0 Å². The fraction of sp³-hybridized carbons (Fsp3) is 0.0769. The molecule has 0 saturated carbocycles. The summed E-state index contributed by atoms with van der Waals surface area (Å²) in [4.78, 5) is 3.57. The number of nitriles is 1. The van der Waals surface area contributed by atoms with Gasteiger partial charge in [-0.2, -0.15) is 5.26 Å². The fourth-order valence-electron chi connectivity index (χ4n) is 1.61. The number of aryl methyl sites for hydroxylation is 1. The minimum Gasteiger partial charge on any atom is -0.398 e. The Balaban J connectivity index is 2.41. The summed E-state index contributed by atoms with van der Waals surface area (Å²) in [5.41, 5.74) is 7.25. The van der Waals surface area contributed by atoms with Crippen LogP contribution in [-0.4, -0.2) is 13.4 Å². The maximum atomic E-state index is 12.2. The van der Waals surface area contributed by atoms with Gasteiger partial charge in [-0.05, 0) is 36.8 Å². The van der Waals surface area contributed by atoms with Crippen molar-refractivity contribution >= 4 is 21.4 Å². The van der Waals surface area contributed by atoms with E-state index in [9.17, 15) is 8.42 Å². The number of hydrogen-bond acceptors (Lipinski definition) is 5. The molecule has 7 heteroatoms. The minimum atomic E-state index is -3.88. The number of nitrogens with one attached hydrogen (secondary N) is 1. The van der Waals surface area contributed by atoms with Crippen LogP contribution < -0.4 is 10.5 Å². The Kier molecular flexibility index (Phi) is 3.59. The number of sulfonamides is 1. The van der Waals surface area contributed by atoms with Crippen LogP contribution in [0.5, 0.6) is 0 Å². The average molecular weight is 288 g/mol. The van der Waals surface area contributed by atoms with Gasteiger partial charge >= 0.3 is 0 Å². The Morgan fingerprint density at radius 1 is 1.35 bits per heavy atom. The lowest BCUT2D eigenvalue weighted by atomic mass is 10.2. The summed E-state index contributed by atoms with van der Waals surface area (Å²) in [6, 6.07) is 9.37. The summed E-state index contributed by atoms with van der Waals surface area (Å²) >= 11 is 0. The molecular formula is C13H12N4O2S. The van der Waals surface area contributed by atoms with Crippen molar-refractivity contribution in [1.29, 1.82) is 5.26 Å². The largest absolute Gasteiger partial charge is 0.398 e. The molecule has 0 aliphatic heterocycles. The Morgan fingerprint density at radius 2 is 2.10 bits per heavy atom. The SMILES string of the molecule is Cc1ccc(NS(=O)(=O)c2cccnc2C#N)cc1N. The standard InChI is InChI=1S/C13H12N4O2S/c1-9-4-5-10(7-11(9)15)17-20(18,19)13-3-2-6-16-12(13)8-14/h2-7,17H,15H2,1H3. The van der Waals surface area contributed by atoms with E-state index >= 15 is 0 Å². The third-order valence-corrected chi connectivity index (χ3v) is 4.11. The first kappa shape index (κ1) is 13.8. The number of anilines is 2. The third-order valence-electron chi connectivity index (χ3n) is 2.70. The van der Waals surface area contributed by atoms with Crippen LogP contribution in [0.25, 0.3) is 0 Å². The molecule has 0 aliphatic carbocycles. The summed E-state index contributed by atoms with van der Waals surface area (Å²) in [5.74, 6) is 0. The van der Waals surface area contributed by atoms with Crippen molar-refractivity contribution in [2.24, 2.45) is 0 Å². The first-order valence-electron chi connectivity index (χ1n) is 5.68. The van der Waals surface area contributed by atoms with Crippen molar-refractivity contribution in [1.82, 2.24) is 4.98 Å². The Labute approximate surface area is 116 Å². The Morgan fingerprint density at radius 3 is 2.75 bits per heavy atom. The molecule has 0 amide bonds. The van der Waals surface area contributed by atoms with Gasteiger partial charge in [0, 0.05) is 11.9 Å². The van der Waals surface area contributed by atoms with E-state index in [0.29, 0.717) is 11.4 Å². The predicted octanol–water partition coefficient (Wildman–Crippen LogP) is 1.64. The van der Waals surface area contributed by atoms with Crippen molar-refractivity contribution in [3.05, 3.63) is 47.8 Å². The minimum absolute atomic E-state index is 0.153. The number of benzene rings is 1. The number of aromatic nitrogens is 1. The number of nitrogens with zero attached hydrogens (tertiary/aromatic N) is 2. The Bertz CT molecular complexity index is 794. The summed E-state index contributed by atoms with van der Waals surface area (Å²) in [6.07, 6.45) is 1.36. The van der Waals surface area contributed by atoms with E-state index in [-0.39, 0.29) is 10.6 Å². The molecular weight excluding hydrogens is 276 g/mol. The number of nitrogen functional groups attached to an aromatic ring is 1. The van der Waals surface area contributed by atoms with Crippen LogP contribution >= 0.6 is 0 Å². The van der Waals surface area contributed by atoms with Gasteiger partial charge < -0.3 is 5.73 Å². The summed E-state index contributed by atoms with van der Waals surface area (Å²) in [6.45, 7) is 1.82. The molecule has 0 saturated heterocycles. The van der Waals surface area contributed by atoms with Gasteiger partial charge in [0.05, 0.1) is 5.69 Å². The second-order valence-electron chi connectivity index (χ2n) is 4.14. The van der Waals surface area contributed by atoms with Gasteiger partial charge in [-0.25, -0.2) is 13.4 Å². The van der Waals surface area contributed by atoms with Gasteiger partial charge in [0.1, 0.15) is 11.0 Å². The number of hydrogen-bond donors (Lipinski definition) is 2. The molecule has 6 nitrogen and oxygen atoms in total. The lowest BCUT2D eigenvalue weighted by Gasteiger charge is -2.10. The Hall–Kier alpha value is -2.59. The van der Waals surface area contributed by atoms with E-state index in [1.54, 1.807) is 18.2 Å². The molecule has 0 unspecified atom stereocenters. The molecule has 0 atom stereocenters. The first-order chi connectivity index (χ1) is 9.44.